The number of hydrogen-bond donors (Lipinski definition) is 0. The fraction of sp³-hybridized carbons (Fsp3) is 0. The van der Waals surface area contributed by atoms with Gasteiger partial charge in [0.25, 0.3) is 0 Å². The molecule has 0 radical (unpaired) electrons. The van der Waals surface area contributed by atoms with E-state index >= 15 is 0 Å². The predicted octanol–water partition coefficient (Wildman–Crippen LogP) is -0.126. The number of rotatable bonds is 0. The van der Waals surface area contributed by atoms with Crippen molar-refractivity contribution >= 4 is 0 Å². The van der Waals surface area contributed by atoms with E-state index in [1.165, 1.54) is 0 Å². The third kappa shape index (κ3) is 9.63. The topological polar surface area (TPSA) is 17.1 Å². The molecule has 0 aliphatic rings. The van der Waals surface area contributed by atoms with Crippen LogP contribution in [0.25, 0.3) is 0 Å². The summed E-state index contributed by atoms with van der Waals surface area (Å²) in [5.41, 5.74) is 0. The van der Waals surface area contributed by atoms with Crippen LogP contribution in [0, 0.1) is 0 Å². The van der Waals surface area contributed by atoms with Crippen LogP contribution in [0.5, 0.6) is 0 Å². The van der Waals surface area contributed by atoms with Gasteiger partial charge >= 0.3 is 19.3 Å². The molecule has 0 saturated heterocycles. The van der Waals surface area contributed by atoms with E-state index in [9.17, 15) is 0 Å². The summed E-state index contributed by atoms with van der Waals surface area (Å²) >= 11 is 2.62. The van der Waals surface area contributed by atoms with Crippen molar-refractivity contribution in [1.82, 2.24) is 0 Å². The zero-order valence-corrected chi connectivity index (χ0v) is 5.46. The van der Waals surface area contributed by atoms with Crippen molar-refractivity contribution in [3.05, 3.63) is 0 Å². The molecule has 0 bridgehead atoms. The average Bonchev–Trinajstić information content (AvgIpc) is 1.00. The van der Waals surface area contributed by atoms with Gasteiger partial charge in [-0.1, -0.05) is 0 Å². The summed E-state index contributed by atoms with van der Waals surface area (Å²) in [5, 5.41) is 0. The van der Waals surface area contributed by atoms with E-state index in [-0.39, 0.29) is 39.1 Å². The maximum absolute atomic E-state index is 7.88. The van der Waals surface area contributed by atoms with E-state index in [0.717, 1.165) is 0 Å². The molecule has 0 aromatic rings. The molecule has 0 rings (SSSR count). The molecule has 4 heteroatoms. The van der Waals surface area contributed by atoms with Gasteiger partial charge in [-0.2, -0.15) is 0 Å². The van der Waals surface area contributed by atoms with E-state index in [4.69, 9.17) is 3.90 Å². The summed E-state index contributed by atoms with van der Waals surface area (Å²) in [7, 11) is 0. The van der Waals surface area contributed by atoms with Crippen LogP contribution in [0.2, 0.25) is 0 Å². The molecule has 0 atom stereocenters. The third-order valence-corrected chi connectivity index (χ3v) is 0. The monoisotopic (exact) mass is 174 g/mol. The van der Waals surface area contributed by atoms with Gasteiger partial charge in [0.2, 0.25) is 0 Å². The van der Waals surface area contributed by atoms with E-state index in [0.29, 0.717) is 0 Å². The molecule has 0 aliphatic carbocycles. The second-order valence-corrected chi connectivity index (χ2v) is 0. The van der Waals surface area contributed by atoms with Gasteiger partial charge in [0.05, 0.1) is 0 Å². The maximum atomic E-state index is 7.88. The van der Waals surface area contributed by atoms with Crippen LogP contribution < -0.4 is 0 Å². The van der Waals surface area contributed by atoms with E-state index < -0.39 is 0 Å². The molecule has 0 aromatic carbocycles. The van der Waals surface area contributed by atoms with Gasteiger partial charge in [0, 0.05) is 39.1 Å². The zero-order valence-electron chi connectivity index (χ0n) is 1.63. The molecular formula is CrNiOTi. The van der Waals surface area contributed by atoms with Crippen molar-refractivity contribution in [2.75, 3.05) is 0 Å². The standard InChI is InChI=1S/Cr.Ni.O.Ti. The molecule has 4 heavy (non-hydrogen) atoms. The molecule has 0 aromatic heterocycles. The maximum Gasteiger partial charge on any atom is 0 e. The predicted molar refractivity (Wildman–Crippen MR) is 0.686 cm³/mol. The quantitative estimate of drug-likeness (QED) is 0.468. The van der Waals surface area contributed by atoms with E-state index in [2.05, 4.69) is 15.4 Å². The van der Waals surface area contributed by atoms with Gasteiger partial charge in [0.15, 0.2) is 0 Å². The summed E-state index contributed by atoms with van der Waals surface area (Å²) in [6.07, 6.45) is 0. The Bertz CT molecular complexity index is 8.00. The van der Waals surface area contributed by atoms with Gasteiger partial charge in [-0.05, 0) is 0 Å². The minimum atomic E-state index is 0. The van der Waals surface area contributed by atoms with Crippen molar-refractivity contribution in [1.29, 1.82) is 0 Å². The largest absolute Gasteiger partial charge is 0 e. The van der Waals surface area contributed by atoms with Gasteiger partial charge < -0.3 is 0 Å². The van der Waals surface area contributed by atoms with E-state index in [1.807, 2.05) is 0 Å². The first-order valence-corrected chi connectivity index (χ1v) is 0.532. The van der Waals surface area contributed by atoms with Crippen molar-refractivity contribution in [2.24, 2.45) is 0 Å². The molecule has 0 aliphatic heterocycles. The molecule has 26 valence electrons. The Morgan fingerprint density at radius 2 is 1.25 bits per heavy atom. The summed E-state index contributed by atoms with van der Waals surface area (Å²) in [6.45, 7) is 0. The Kier molecular flexibility index (Phi) is 106. The Balaban J connectivity index is -0.00000000500. The molecule has 1 nitrogen and oxygen atoms in total. The van der Waals surface area contributed by atoms with E-state index in [1.54, 1.807) is 0 Å². The van der Waals surface area contributed by atoms with Crippen LogP contribution in [0.4, 0.5) is 0 Å². The van der Waals surface area contributed by atoms with Crippen molar-refractivity contribution < 1.29 is 58.4 Å². The molecule has 0 saturated carbocycles. The molecule has 0 spiro atoms. The van der Waals surface area contributed by atoms with Crippen molar-refractivity contribution in [3.8, 4) is 0 Å². The van der Waals surface area contributed by atoms with Gasteiger partial charge in [-0.3, -0.25) is 0 Å². The first-order valence-electron chi connectivity index (χ1n) is 0.129. The molecule has 0 unspecified atom stereocenters. The first-order chi connectivity index (χ1) is 1.00. The summed E-state index contributed by atoms with van der Waals surface area (Å²) in [4.78, 5) is 0. The van der Waals surface area contributed by atoms with Crippen LogP contribution in [0.1, 0.15) is 0 Å². The second-order valence-electron chi connectivity index (χ2n) is 0. The Morgan fingerprint density at radius 3 is 1.25 bits per heavy atom. The van der Waals surface area contributed by atoms with Crippen molar-refractivity contribution in [2.45, 2.75) is 0 Å². The van der Waals surface area contributed by atoms with Crippen LogP contribution >= 0.6 is 0 Å². The van der Waals surface area contributed by atoms with Gasteiger partial charge in [0.1, 0.15) is 0 Å². The Hall–Kier alpha value is 1.54. The normalized spacial score (nSPS) is 1.50. The third-order valence-electron chi connectivity index (χ3n) is 0. The van der Waals surface area contributed by atoms with Gasteiger partial charge in [-0.25, -0.2) is 0 Å². The Labute approximate surface area is 58.1 Å². The molecular weight excluding hydrogens is 175 g/mol. The smallest absolute Gasteiger partial charge is 0 e. The summed E-state index contributed by atoms with van der Waals surface area (Å²) < 4.78 is 7.88. The van der Waals surface area contributed by atoms with Crippen LogP contribution in [0.3, 0.4) is 0 Å². The number of hydrogen-bond acceptors (Lipinski definition) is 1. The second kappa shape index (κ2) is 24.0. The molecule has 0 fully saturated rings. The fourth-order valence-corrected chi connectivity index (χ4v) is 0. The van der Waals surface area contributed by atoms with Crippen LogP contribution in [-0.4, -0.2) is 0 Å². The molecule has 0 N–H and O–H groups in total. The fourth-order valence-electron chi connectivity index (χ4n) is 0. The average molecular weight is 175 g/mol. The van der Waals surface area contributed by atoms with Crippen LogP contribution in [-0.2, 0) is 58.4 Å². The first kappa shape index (κ1) is 17.7. The van der Waals surface area contributed by atoms with Gasteiger partial charge in [-0.15, -0.1) is 0 Å². The summed E-state index contributed by atoms with van der Waals surface area (Å²) in [6, 6.07) is 0. The zero-order chi connectivity index (χ0) is 2.00. The summed E-state index contributed by atoms with van der Waals surface area (Å²) in [5.74, 6) is 0. The SMILES string of the molecule is [Cr].[O]=[Ni].[Ti]. The van der Waals surface area contributed by atoms with Crippen LogP contribution in [0.15, 0.2) is 0 Å². The minimum Gasteiger partial charge on any atom is 0 e. The molecule has 0 heterocycles. The Morgan fingerprint density at radius 1 is 1.25 bits per heavy atom. The minimum absolute atomic E-state index is 0. The van der Waals surface area contributed by atoms with Crippen molar-refractivity contribution in [3.63, 3.8) is 0 Å². The molecule has 0 amide bonds.